The zero-order chi connectivity index (χ0) is 13.3. The third-order valence-electron chi connectivity index (χ3n) is 2.76. The molecule has 1 atom stereocenters. The quantitative estimate of drug-likeness (QED) is 0.883. The molecule has 2 N–H and O–H groups in total. The van der Waals surface area contributed by atoms with Crippen LogP contribution >= 0.6 is 0 Å². The van der Waals surface area contributed by atoms with E-state index in [4.69, 9.17) is 10.3 Å². The third kappa shape index (κ3) is 2.59. The molecule has 0 aliphatic carbocycles. The fraction of sp³-hybridized carbons (Fsp3) is 0.429. The third-order valence-corrected chi connectivity index (χ3v) is 2.76. The second kappa shape index (κ2) is 4.53. The van der Waals surface area contributed by atoms with Crippen LogP contribution in [0.1, 0.15) is 49.7 Å². The summed E-state index contributed by atoms with van der Waals surface area (Å²) in [5.41, 5.74) is 8.17. The van der Waals surface area contributed by atoms with Gasteiger partial charge in [-0.25, -0.2) is 0 Å². The van der Waals surface area contributed by atoms with E-state index in [0.717, 1.165) is 5.56 Å². The number of nitrogens with zero attached hydrogens (tertiary/aromatic N) is 2. The first kappa shape index (κ1) is 12.8. The van der Waals surface area contributed by atoms with Crippen LogP contribution in [0.4, 0.5) is 0 Å². The lowest BCUT2D eigenvalue weighted by molar-refractivity contribution is 0.317. The molecule has 96 valence electrons. The topological polar surface area (TPSA) is 64.9 Å². The van der Waals surface area contributed by atoms with Gasteiger partial charge in [-0.1, -0.05) is 55.8 Å². The number of benzene rings is 1. The summed E-state index contributed by atoms with van der Waals surface area (Å²) in [6, 6.07) is 7.69. The van der Waals surface area contributed by atoms with Crippen LogP contribution in [0, 0.1) is 6.92 Å². The van der Waals surface area contributed by atoms with E-state index in [0.29, 0.717) is 11.7 Å². The van der Waals surface area contributed by atoms with E-state index < -0.39 is 0 Å². The average molecular weight is 245 g/mol. The summed E-state index contributed by atoms with van der Waals surface area (Å²) in [4.78, 5) is 4.38. The zero-order valence-corrected chi connectivity index (χ0v) is 11.3. The van der Waals surface area contributed by atoms with Crippen molar-refractivity contribution in [2.45, 2.75) is 39.2 Å². The van der Waals surface area contributed by atoms with Crippen LogP contribution in [0.3, 0.4) is 0 Å². The van der Waals surface area contributed by atoms with Crippen molar-refractivity contribution in [1.82, 2.24) is 10.1 Å². The fourth-order valence-electron chi connectivity index (χ4n) is 1.68. The maximum absolute atomic E-state index is 6.16. The van der Waals surface area contributed by atoms with Crippen LogP contribution < -0.4 is 5.73 Å². The first-order chi connectivity index (χ1) is 8.38. The van der Waals surface area contributed by atoms with E-state index in [1.165, 1.54) is 5.56 Å². The van der Waals surface area contributed by atoms with Crippen molar-refractivity contribution >= 4 is 0 Å². The van der Waals surface area contributed by atoms with Gasteiger partial charge in [-0.2, -0.15) is 4.98 Å². The molecule has 0 fully saturated rings. The molecule has 2 aromatic rings. The molecule has 18 heavy (non-hydrogen) atoms. The molecule has 2 rings (SSSR count). The highest BCUT2D eigenvalue weighted by Gasteiger charge is 2.24. The van der Waals surface area contributed by atoms with E-state index in [2.05, 4.69) is 10.1 Å². The largest absolute Gasteiger partial charge is 0.339 e. The lowest BCUT2D eigenvalue weighted by Crippen LogP contribution is -2.15. The summed E-state index contributed by atoms with van der Waals surface area (Å²) in [7, 11) is 0. The van der Waals surface area contributed by atoms with Crippen molar-refractivity contribution in [2.75, 3.05) is 0 Å². The minimum absolute atomic E-state index is 0.155. The Hall–Kier alpha value is -1.68. The Balaban J connectivity index is 2.29. The maximum atomic E-state index is 6.16. The Kier molecular flexibility index (Phi) is 3.22. The highest BCUT2D eigenvalue weighted by Crippen LogP contribution is 2.23. The van der Waals surface area contributed by atoms with Gasteiger partial charge in [-0.3, -0.25) is 0 Å². The monoisotopic (exact) mass is 245 g/mol. The molecule has 0 amide bonds. The second-order valence-electron chi connectivity index (χ2n) is 5.60. The van der Waals surface area contributed by atoms with Crippen LogP contribution in [-0.2, 0) is 5.41 Å². The minimum Gasteiger partial charge on any atom is -0.339 e. The second-order valence-corrected chi connectivity index (χ2v) is 5.60. The van der Waals surface area contributed by atoms with Crippen LogP contribution in [0.5, 0.6) is 0 Å². The Morgan fingerprint density at radius 1 is 1.28 bits per heavy atom. The molecule has 4 nitrogen and oxygen atoms in total. The summed E-state index contributed by atoms with van der Waals surface area (Å²) >= 11 is 0. The Morgan fingerprint density at radius 3 is 2.56 bits per heavy atom. The molecule has 1 heterocycles. The van der Waals surface area contributed by atoms with E-state index in [1.54, 1.807) is 0 Å². The normalized spacial score (nSPS) is 13.6. The number of aryl methyl sites for hydroxylation is 1. The van der Waals surface area contributed by atoms with Gasteiger partial charge >= 0.3 is 0 Å². The number of nitrogens with two attached hydrogens (primary N) is 1. The Bertz CT molecular complexity index is 540. The van der Waals surface area contributed by atoms with Gasteiger partial charge in [-0.05, 0) is 12.5 Å². The first-order valence-corrected chi connectivity index (χ1v) is 6.04. The van der Waals surface area contributed by atoms with Gasteiger partial charge in [-0.15, -0.1) is 0 Å². The molecule has 0 aliphatic heterocycles. The summed E-state index contributed by atoms with van der Waals surface area (Å²) in [6.07, 6.45) is 0. The Labute approximate surface area is 107 Å². The minimum atomic E-state index is -0.343. The first-order valence-electron chi connectivity index (χ1n) is 6.04. The van der Waals surface area contributed by atoms with Crippen molar-refractivity contribution in [3.05, 3.63) is 47.1 Å². The number of hydrogen-bond acceptors (Lipinski definition) is 4. The van der Waals surface area contributed by atoms with Crippen LogP contribution in [-0.4, -0.2) is 10.1 Å². The molecule has 0 bridgehead atoms. The smallest absolute Gasteiger partial charge is 0.232 e. The summed E-state index contributed by atoms with van der Waals surface area (Å²) in [5.74, 6) is 1.14. The predicted octanol–water partition coefficient (Wildman–Crippen LogP) is 2.72. The van der Waals surface area contributed by atoms with Crippen molar-refractivity contribution < 1.29 is 4.52 Å². The van der Waals surface area contributed by atoms with Crippen molar-refractivity contribution in [1.29, 1.82) is 0 Å². The van der Waals surface area contributed by atoms with E-state index >= 15 is 0 Å². The molecule has 1 aromatic carbocycles. The molecule has 0 spiro atoms. The number of rotatable bonds is 2. The number of aromatic nitrogens is 2. The standard InChI is InChI=1S/C14H19N3O/c1-9-6-5-7-10(8-9)11(15)12-16-13(18-17-12)14(2,3)4/h5-8,11H,15H2,1-4H3. The van der Waals surface area contributed by atoms with Gasteiger partial charge in [0.05, 0.1) is 6.04 Å². The molecule has 0 aliphatic rings. The Morgan fingerprint density at radius 2 is 2.00 bits per heavy atom. The van der Waals surface area contributed by atoms with Crippen LogP contribution in [0.25, 0.3) is 0 Å². The average Bonchev–Trinajstić information content (AvgIpc) is 2.77. The highest BCUT2D eigenvalue weighted by molar-refractivity contribution is 5.28. The molecule has 0 saturated heterocycles. The molecule has 1 unspecified atom stereocenters. The molecular weight excluding hydrogens is 226 g/mol. The molecule has 0 radical (unpaired) electrons. The summed E-state index contributed by atoms with van der Waals surface area (Å²) in [5, 5.41) is 3.98. The van der Waals surface area contributed by atoms with Gasteiger partial charge < -0.3 is 10.3 Å². The van der Waals surface area contributed by atoms with E-state index in [1.807, 2.05) is 52.0 Å². The van der Waals surface area contributed by atoms with E-state index in [9.17, 15) is 0 Å². The molecule has 4 heteroatoms. The molecular formula is C14H19N3O. The van der Waals surface area contributed by atoms with Crippen LogP contribution in [0.15, 0.2) is 28.8 Å². The van der Waals surface area contributed by atoms with E-state index in [-0.39, 0.29) is 11.5 Å². The molecule has 0 saturated carbocycles. The van der Waals surface area contributed by atoms with Gasteiger partial charge in [0.15, 0.2) is 5.82 Å². The van der Waals surface area contributed by atoms with Gasteiger partial charge in [0.25, 0.3) is 0 Å². The number of hydrogen-bond donors (Lipinski definition) is 1. The summed E-state index contributed by atoms with van der Waals surface area (Å²) in [6.45, 7) is 8.13. The van der Waals surface area contributed by atoms with Crippen molar-refractivity contribution in [3.63, 3.8) is 0 Å². The lowest BCUT2D eigenvalue weighted by Gasteiger charge is -2.11. The highest BCUT2D eigenvalue weighted by atomic mass is 16.5. The van der Waals surface area contributed by atoms with Gasteiger partial charge in [0.1, 0.15) is 0 Å². The fourth-order valence-corrected chi connectivity index (χ4v) is 1.68. The maximum Gasteiger partial charge on any atom is 0.232 e. The SMILES string of the molecule is Cc1cccc(C(N)c2noc(C(C)(C)C)n2)c1. The zero-order valence-electron chi connectivity index (χ0n) is 11.3. The molecule has 1 aromatic heterocycles. The van der Waals surface area contributed by atoms with Gasteiger partial charge in [0.2, 0.25) is 5.89 Å². The lowest BCUT2D eigenvalue weighted by atomic mass is 9.97. The van der Waals surface area contributed by atoms with Crippen LogP contribution in [0.2, 0.25) is 0 Å². The van der Waals surface area contributed by atoms with Gasteiger partial charge in [0, 0.05) is 5.41 Å². The predicted molar refractivity (Wildman–Crippen MR) is 70.2 cm³/mol. The van der Waals surface area contributed by atoms with Crippen molar-refractivity contribution in [3.8, 4) is 0 Å². The van der Waals surface area contributed by atoms with Crippen molar-refractivity contribution in [2.24, 2.45) is 5.73 Å². The summed E-state index contributed by atoms with van der Waals surface area (Å²) < 4.78 is 5.26.